The van der Waals surface area contributed by atoms with Gasteiger partial charge in [-0.1, -0.05) is 12.2 Å². The van der Waals surface area contributed by atoms with E-state index in [4.69, 9.17) is 5.26 Å². The third-order valence-electron chi connectivity index (χ3n) is 3.06. The molecule has 0 saturated heterocycles. The third kappa shape index (κ3) is 3.28. The Bertz CT molecular complexity index is 526. The molecule has 1 aromatic carbocycles. The van der Waals surface area contributed by atoms with Crippen LogP contribution in [0.15, 0.2) is 30.4 Å². The highest BCUT2D eigenvalue weighted by Gasteiger charge is 2.31. The maximum Gasteiger partial charge on any atom is 0.416 e. The van der Waals surface area contributed by atoms with Crippen LogP contribution < -0.4 is 5.32 Å². The molecule has 0 radical (unpaired) electrons. The Hall–Kier alpha value is -1.96. The van der Waals surface area contributed by atoms with Gasteiger partial charge in [0.25, 0.3) is 0 Å². The second-order valence-electron chi connectivity index (χ2n) is 4.48. The first kappa shape index (κ1) is 13.5. The average molecular weight is 266 g/mol. The van der Waals surface area contributed by atoms with E-state index >= 15 is 0 Å². The first-order valence-corrected chi connectivity index (χ1v) is 6.05. The van der Waals surface area contributed by atoms with Gasteiger partial charge in [0.15, 0.2) is 0 Å². The average Bonchev–Trinajstić information content (AvgIpc) is 2.39. The summed E-state index contributed by atoms with van der Waals surface area (Å²) in [4.78, 5) is 0. The summed E-state index contributed by atoms with van der Waals surface area (Å²) < 4.78 is 37.7. The minimum absolute atomic E-state index is 0.0220. The van der Waals surface area contributed by atoms with Crippen LogP contribution in [0.2, 0.25) is 0 Å². The van der Waals surface area contributed by atoms with Crippen molar-refractivity contribution >= 4 is 5.69 Å². The number of hydrogen-bond acceptors (Lipinski definition) is 2. The van der Waals surface area contributed by atoms with E-state index in [2.05, 4.69) is 5.32 Å². The molecular formula is C14H13F3N2. The molecule has 1 unspecified atom stereocenters. The fourth-order valence-corrected chi connectivity index (χ4v) is 2.07. The molecule has 0 amide bonds. The fourth-order valence-electron chi connectivity index (χ4n) is 2.07. The molecule has 0 fully saturated rings. The van der Waals surface area contributed by atoms with Crippen molar-refractivity contribution < 1.29 is 13.2 Å². The van der Waals surface area contributed by atoms with Crippen molar-refractivity contribution in [3.05, 3.63) is 41.5 Å². The van der Waals surface area contributed by atoms with E-state index in [0.717, 1.165) is 31.4 Å². The van der Waals surface area contributed by atoms with E-state index in [1.54, 1.807) is 0 Å². The van der Waals surface area contributed by atoms with E-state index in [1.807, 2.05) is 18.2 Å². The Morgan fingerprint density at radius 1 is 1.32 bits per heavy atom. The number of anilines is 1. The van der Waals surface area contributed by atoms with Crippen LogP contribution in [0.5, 0.6) is 0 Å². The molecule has 100 valence electrons. The summed E-state index contributed by atoms with van der Waals surface area (Å²) in [7, 11) is 0. The topological polar surface area (TPSA) is 35.8 Å². The Balaban J connectivity index is 2.24. The number of hydrogen-bond donors (Lipinski definition) is 1. The summed E-state index contributed by atoms with van der Waals surface area (Å²) in [6.45, 7) is 0. The van der Waals surface area contributed by atoms with E-state index in [9.17, 15) is 13.2 Å². The van der Waals surface area contributed by atoms with Crippen molar-refractivity contribution in [1.82, 2.24) is 0 Å². The van der Waals surface area contributed by atoms with E-state index < -0.39 is 11.7 Å². The largest absolute Gasteiger partial charge is 0.416 e. The molecule has 1 aromatic rings. The number of nitrogens with zero attached hydrogens (tertiary/aromatic N) is 1. The van der Waals surface area contributed by atoms with Crippen molar-refractivity contribution in [3.63, 3.8) is 0 Å². The molecule has 19 heavy (non-hydrogen) atoms. The number of nitriles is 1. The lowest BCUT2D eigenvalue weighted by Gasteiger charge is -2.20. The molecule has 0 spiro atoms. The summed E-state index contributed by atoms with van der Waals surface area (Å²) in [5, 5.41) is 12.1. The van der Waals surface area contributed by atoms with E-state index in [1.165, 1.54) is 6.07 Å². The predicted octanol–water partition coefficient (Wildman–Crippen LogP) is 4.10. The van der Waals surface area contributed by atoms with Crippen LogP contribution in [0.1, 0.15) is 30.4 Å². The first-order valence-electron chi connectivity index (χ1n) is 6.05. The zero-order chi connectivity index (χ0) is 13.9. The van der Waals surface area contributed by atoms with Crippen LogP contribution in [-0.4, -0.2) is 6.04 Å². The highest BCUT2D eigenvalue weighted by Crippen LogP contribution is 2.32. The van der Waals surface area contributed by atoms with Crippen molar-refractivity contribution in [2.24, 2.45) is 0 Å². The number of benzene rings is 1. The number of allylic oxidation sites excluding steroid dienone is 1. The van der Waals surface area contributed by atoms with Crippen LogP contribution in [0.3, 0.4) is 0 Å². The van der Waals surface area contributed by atoms with Gasteiger partial charge in [-0.3, -0.25) is 0 Å². The van der Waals surface area contributed by atoms with Gasteiger partial charge in [0, 0.05) is 6.04 Å². The second-order valence-corrected chi connectivity index (χ2v) is 4.48. The SMILES string of the molecule is N#Cc1cc(C(F)(F)F)ccc1NC1C=CCCC1. The fraction of sp³-hybridized carbons (Fsp3) is 0.357. The zero-order valence-corrected chi connectivity index (χ0v) is 10.2. The molecule has 2 nitrogen and oxygen atoms in total. The lowest BCUT2D eigenvalue weighted by atomic mass is 10.0. The van der Waals surface area contributed by atoms with Crippen LogP contribution in [0.4, 0.5) is 18.9 Å². The van der Waals surface area contributed by atoms with Gasteiger partial charge in [0.05, 0.1) is 16.8 Å². The molecule has 0 saturated carbocycles. The molecule has 2 rings (SSSR count). The van der Waals surface area contributed by atoms with Gasteiger partial charge in [-0.25, -0.2) is 0 Å². The molecular weight excluding hydrogens is 253 g/mol. The van der Waals surface area contributed by atoms with Gasteiger partial charge in [-0.15, -0.1) is 0 Å². The van der Waals surface area contributed by atoms with Crippen molar-refractivity contribution in [3.8, 4) is 6.07 Å². The number of nitrogens with one attached hydrogen (secondary N) is 1. The minimum Gasteiger partial charge on any atom is -0.378 e. The third-order valence-corrected chi connectivity index (χ3v) is 3.06. The summed E-state index contributed by atoms with van der Waals surface area (Å²) in [6, 6.07) is 5.09. The van der Waals surface area contributed by atoms with Gasteiger partial charge >= 0.3 is 6.18 Å². The molecule has 1 atom stereocenters. The molecule has 0 bridgehead atoms. The van der Waals surface area contributed by atoms with Gasteiger partial charge in [-0.2, -0.15) is 18.4 Å². The van der Waals surface area contributed by atoms with Gasteiger partial charge in [-0.05, 0) is 37.5 Å². The molecule has 0 heterocycles. The summed E-state index contributed by atoms with van der Waals surface area (Å²) >= 11 is 0. The molecule has 1 aliphatic rings. The molecule has 5 heteroatoms. The lowest BCUT2D eigenvalue weighted by Crippen LogP contribution is -2.19. The highest BCUT2D eigenvalue weighted by atomic mass is 19.4. The molecule has 0 aromatic heterocycles. The zero-order valence-electron chi connectivity index (χ0n) is 10.2. The smallest absolute Gasteiger partial charge is 0.378 e. The van der Waals surface area contributed by atoms with Gasteiger partial charge < -0.3 is 5.32 Å². The molecule has 0 aliphatic heterocycles. The standard InChI is InChI=1S/C14H13F3N2/c15-14(16,17)11-6-7-13(10(8-11)9-18)19-12-4-2-1-3-5-12/h2,4,6-8,12,19H,1,3,5H2. The normalized spacial score (nSPS) is 18.9. The maximum absolute atomic E-state index is 12.6. The van der Waals surface area contributed by atoms with E-state index in [0.29, 0.717) is 5.69 Å². The van der Waals surface area contributed by atoms with E-state index in [-0.39, 0.29) is 11.6 Å². The van der Waals surface area contributed by atoms with Gasteiger partial charge in [0.2, 0.25) is 0 Å². The second kappa shape index (κ2) is 5.35. The Morgan fingerprint density at radius 3 is 2.68 bits per heavy atom. The predicted molar refractivity (Wildman–Crippen MR) is 66.6 cm³/mol. The Labute approximate surface area is 109 Å². The lowest BCUT2D eigenvalue weighted by molar-refractivity contribution is -0.137. The molecule has 1 N–H and O–H groups in total. The quantitative estimate of drug-likeness (QED) is 0.818. The summed E-state index contributed by atoms with van der Waals surface area (Å²) in [5.41, 5.74) is -0.324. The van der Waals surface area contributed by atoms with Crippen LogP contribution >= 0.6 is 0 Å². The van der Waals surface area contributed by atoms with Gasteiger partial charge in [0.1, 0.15) is 6.07 Å². The maximum atomic E-state index is 12.6. The number of halogens is 3. The Morgan fingerprint density at radius 2 is 2.11 bits per heavy atom. The number of alkyl halides is 3. The van der Waals surface area contributed by atoms with Crippen molar-refractivity contribution in [2.45, 2.75) is 31.5 Å². The van der Waals surface area contributed by atoms with Crippen LogP contribution in [0.25, 0.3) is 0 Å². The summed E-state index contributed by atoms with van der Waals surface area (Å²) in [6.07, 6.45) is 2.59. The highest BCUT2D eigenvalue weighted by molar-refractivity contribution is 5.60. The monoisotopic (exact) mass is 266 g/mol. The van der Waals surface area contributed by atoms with Crippen LogP contribution in [0, 0.1) is 11.3 Å². The molecule has 1 aliphatic carbocycles. The first-order chi connectivity index (χ1) is 9.00. The Kier molecular flexibility index (Phi) is 3.79. The summed E-state index contributed by atoms with van der Waals surface area (Å²) in [5.74, 6) is 0. The minimum atomic E-state index is -4.42. The van der Waals surface area contributed by atoms with Crippen molar-refractivity contribution in [1.29, 1.82) is 5.26 Å². The van der Waals surface area contributed by atoms with Crippen LogP contribution in [-0.2, 0) is 6.18 Å². The van der Waals surface area contributed by atoms with Crippen molar-refractivity contribution in [2.75, 3.05) is 5.32 Å². The number of rotatable bonds is 2.